The SMILES string of the molecule is COc1cccc(CNC(=O)c2ccc(CS(=O)Cc3ccccc3Cl)o2)c1. The second kappa shape index (κ2) is 9.57. The van der Waals surface area contributed by atoms with E-state index in [1.807, 2.05) is 42.5 Å². The third-order valence-corrected chi connectivity index (χ3v) is 5.66. The number of carbonyl (C=O) groups excluding carboxylic acids is 1. The Bertz CT molecular complexity index is 986. The van der Waals surface area contributed by atoms with E-state index in [0.29, 0.717) is 23.1 Å². The molecule has 1 amide bonds. The van der Waals surface area contributed by atoms with E-state index >= 15 is 0 Å². The van der Waals surface area contributed by atoms with Crippen molar-refractivity contribution in [3.8, 4) is 5.75 Å². The van der Waals surface area contributed by atoms with Gasteiger partial charge in [0.1, 0.15) is 11.5 Å². The Labute approximate surface area is 171 Å². The van der Waals surface area contributed by atoms with Crippen LogP contribution in [0.1, 0.15) is 27.4 Å². The molecule has 3 aromatic rings. The molecule has 2 aromatic carbocycles. The highest BCUT2D eigenvalue weighted by Crippen LogP contribution is 2.19. The van der Waals surface area contributed by atoms with Crippen LogP contribution in [0.3, 0.4) is 0 Å². The quantitative estimate of drug-likeness (QED) is 0.592. The molecule has 0 aliphatic rings. The van der Waals surface area contributed by atoms with Crippen molar-refractivity contribution >= 4 is 28.3 Å². The Morgan fingerprint density at radius 2 is 1.93 bits per heavy atom. The van der Waals surface area contributed by atoms with Gasteiger partial charge in [0.15, 0.2) is 5.76 Å². The van der Waals surface area contributed by atoms with Gasteiger partial charge in [0.2, 0.25) is 0 Å². The third kappa shape index (κ3) is 5.47. The molecule has 1 atom stereocenters. The van der Waals surface area contributed by atoms with Crippen LogP contribution >= 0.6 is 11.6 Å². The average Bonchev–Trinajstić information content (AvgIpc) is 3.16. The lowest BCUT2D eigenvalue weighted by Crippen LogP contribution is -2.22. The molecule has 0 saturated carbocycles. The number of furan rings is 1. The van der Waals surface area contributed by atoms with E-state index in [4.69, 9.17) is 20.8 Å². The van der Waals surface area contributed by atoms with Gasteiger partial charge in [0, 0.05) is 22.4 Å². The van der Waals surface area contributed by atoms with Gasteiger partial charge in [0.25, 0.3) is 5.91 Å². The van der Waals surface area contributed by atoms with Gasteiger partial charge in [-0.15, -0.1) is 0 Å². The molecular weight excluding hydrogens is 398 g/mol. The number of halogens is 1. The number of hydrogen-bond donors (Lipinski definition) is 1. The van der Waals surface area contributed by atoms with Crippen molar-refractivity contribution < 1.29 is 18.2 Å². The minimum absolute atomic E-state index is 0.188. The van der Waals surface area contributed by atoms with Crippen LogP contribution in [0, 0.1) is 0 Å². The lowest BCUT2D eigenvalue weighted by Gasteiger charge is -2.06. The normalized spacial score (nSPS) is 11.8. The molecule has 0 radical (unpaired) electrons. The molecular formula is C21H20ClNO4S. The number of nitrogens with one attached hydrogen (secondary N) is 1. The third-order valence-electron chi connectivity index (χ3n) is 4.05. The van der Waals surface area contributed by atoms with Crippen molar-refractivity contribution in [3.63, 3.8) is 0 Å². The zero-order chi connectivity index (χ0) is 19.9. The molecule has 1 aromatic heterocycles. The second-order valence-corrected chi connectivity index (χ2v) is 7.98. The molecule has 1 N–H and O–H groups in total. The van der Waals surface area contributed by atoms with Crippen LogP contribution < -0.4 is 10.1 Å². The second-order valence-electron chi connectivity index (χ2n) is 6.12. The first-order chi connectivity index (χ1) is 13.5. The number of amides is 1. The Balaban J connectivity index is 1.54. The van der Waals surface area contributed by atoms with Gasteiger partial charge in [-0.25, -0.2) is 0 Å². The Morgan fingerprint density at radius 3 is 2.71 bits per heavy atom. The summed E-state index contributed by atoms with van der Waals surface area (Å²) in [5.74, 6) is 1.63. The summed E-state index contributed by atoms with van der Waals surface area (Å²) < 4.78 is 23.1. The Morgan fingerprint density at radius 1 is 1.11 bits per heavy atom. The maximum atomic E-state index is 12.4. The summed E-state index contributed by atoms with van der Waals surface area (Å²) in [4.78, 5) is 12.3. The summed E-state index contributed by atoms with van der Waals surface area (Å²) >= 11 is 6.10. The van der Waals surface area contributed by atoms with Gasteiger partial charge < -0.3 is 14.5 Å². The van der Waals surface area contributed by atoms with Crippen LogP contribution in [0.15, 0.2) is 65.1 Å². The van der Waals surface area contributed by atoms with E-state index in [1.165, 1.54) is 0 Å². The van der Waals surface area contributed by atoms with Gasteiger partial charge >= 0.3 is 0 Å². The first kappa shape index (κ1) is 20.2. The molecule has 0 aliphatic carbocycles. The maximum Gasteiger partial charge on any atom is 0.287 e. The summed E-state index contributed by atoms with van der Waals surface area (Å²) in [7, 11) is 0.402. The molecule has 5 nitrogen and oxygen atoms in total. The number of carbonyl (C=O) groups is 1. The Hall–Kier alpha value is -2.57. The van der Waals surface area contributed by atoms with Gasteiger partial charge in [-0.1, -0.05) is 41.9 Å². The lowest BCUT2D eigenvalue weighted by molar-refractivity contribution is 0.0921. The van der Waals surface area contributed by atoms with Crippen LogP contribution in [0.4, 0.5) is 0 Å². The fourth-order valence-electron chi connectivity index (χ4n) is 2.63. The van der Waals surface area contributed by atoms with Gasteiger partial charge in [-0.2, -0.15) is 0 Å². The van der Waals surface area contributed by atoms with E-state index in [9.17, 15) is 9.00 Å². The summed E-state index contributed by atoms with van der Waals surface area (Å²) in [5, 5.41) is 3.39. The zero-order valence-electron chi connectivity index (χ0n) is 15.3. The summed E-state index contributed by atoms with van der Waals surface area (Å²) in [6, 6.07) is 18.0. The van der Waals surface area contributed by atoms with Crippen LogP contribution in [-0.2, 0) is 28.9 Å². The van der Waals surface area contributed by atoms with E-state index in [2.05, 4.69) is 5.32 Å². The van der Waals surface area contributed by atoms with Crippen LogP contribution in [0.25, 0.3) is 0 Å². The highest BCUT2D eigenvalue weighted by molar-refractivity contribution is 7.83. The first-order valence-corrected chi connectivity index (χ1v) is 10.5. The molecule has 1 unspecified atom stereocenters. The molecule has 1 heterocycles. The largest absolute Gasteiger partial charge is 0.497 e. The van der Waals surface area contributed by atoms with Crippen molar-refractivity contribution in [2.45, 2.75) is 18.1 Å². The van der Waals surface area contributed by atoms with Gasteiger partial charge in [-0.05, 0) is 41.5 Å². The van der Waals surface area contributed by atoms with Crippen molar-refractivity contribution in [2.24, 2.45) is 0 Å². The molecule has 0 aliphatic heterocycles. The highest BCUT2D eigenvalue weighted by Gasteiger charge is 2.14. The summed E-state index contributed by atoms with van der Waals surface area (Å²) in [5.41, 5.74) is 1.74. The van der Waals surface area contributed by atoms with E-state index in [-0.39, 0.29) is 17.4 Å². The summed E-state index contributed by atoms with van der Waals surface area (Å²) in [6.45, 7) is 0.352. The number of benzene rings is 2. The topological polar surface area (TPSA) is 68.5 Å². The van der Waals surface area contributed by atoms with Crippen molar-refractivity contribution in [3.05, 3.63) is 88.3 Å². The molecule has 7 heteroatoms. The molecule has 146 valence electrons. The average molecular weight is 418 g/mol. The van der Waals surface area contributed by atoms with Crippen molar-refractivity contribution in [1.82, 2.24) is 5.32 Å². The number of rotatable bonds is 8. The van der Waals surface area contributed by atoms with Gasteiger partial charge in [-0.3, -0.25) is 9.00 Å². The minimum Gasteiger partial charge on any atom is -0.497 e. The smallest absolute Gasteiger partial charge is 0.287 e. The van der Waals surface area contributed by atoms with Crippen molar-refractivity contribution in [1.29, 1.82) is 0 Å². The number of ether oxygens (including phenoxy) is 1. The fourth-order valence-corrected chi connectivity index (χ4v) is 4.08. The molecule has 0 saturated heterocycles. The van der Waals surface area contributed by atoms with E-state index in [0.717, 1.165) is 16.9 Å². The van der Waals surface area contributed by atoms with Crippen molar-refractivity contribution in [2.75, 3.05) is 7.11 Å². The fraction of sp³-hybridized carbons (Fsp3) is 0.190. The minimum atomic E-state index is -1.19. The maximum absolute atomic E-state index is 12.4. The highest BCUT2D eigenvalue weighted by atomic mass is 35.5. The van der Waals surface area contributed by atoms with E-state index < -0.39 is 10.8 Å². The lowest BCUT2D eigenvalue weighted by atomic mass is 10.2. The molecule has 0 spiro atoms. The van der Waals surface area contributed by atoms with E-state index in [1.54, 1.807) is 25.3 Å². The molecule has 3 rings (SSSR count). The van der Waals surface area contributed by atoms with Crippen LogP contribution in [0.5, 0.6) is 5.75 Å². The molecule has 28 heavy (non-hydrogen) atoms. The monoisotopic (exact) mass is 417 g/mol. The first-order valence-electron chi connectivity index (χ1n) is 8.63. The standard InChI is InChI=1S/C21H20ClNO4S/c1-26-17-7-4-5-15(11-17)12-23-21(24)20-10-9-18(27-20)14-28(25)13-16-6-2-3-8-19(16)22/h2-11H,12-14H2,1H3,(H,23,24). The summed E-state index contributed by atoms with van der Waals surface area (Å²) in [6.07, 6.45) is 0. The zero-order valence-corrected chi connectivity index (χ0v) is 16.9. The molecule has 0 bridgehead atoms. The predicted octanol–water partition coefficient (Wildman–Crippen LogP) is 4.32. The van der Waals surface area contributed by atoms with Crippen LogP contribution in [0.2, 0.25) is 5.02 Å². The van der Waals surface area contributed by atoms with Gasteiger partial charge in [0.05, 0.1) is 18.6 Å². The number of methoxy groups -OCH3 is 1. The Kier molecular flexibility index (Phi) is 6.90. The molecule has 0 fully saturated rings. The van der Waals surface area contributed by atoms with Crippen LogP contribution in [-0.4, -0.2) is 17.2 Å². The number of hydrogen-bond acceptors (Lipinski definition) is 4. The predicted molar refractivity (Wildman–Crippen MR) is 110 cm³/mol.